The SMILES string of the molecule is CN(C)S(=O)(=O)CCNCc1cn(C(C)(C)C)nn1. The Morgan fingerprint density at radius 1 is 1.37 bits per heavy atom. The second-order valence-electron chi connectivity index (χ2n) is 5.60. The van der Waals surface area contributed by atoms with Gasteiger partial charge in [-0.25, -0.2) is 17.4 Å². The lowest BCUT2D eigenvalue weighted by atomic mass is 10.1. The molecule has 0 saturated carbocycles. The Morgan fingerprint density at radius 2 is 2.00 bits per heavy atom. The smallest absolute Gasteiger partial charge is 0.214 e. The summed E-state index contributed by atoms with van der Waals surface area (Å²) >= 11 is 0. The second-order valence-corrected chi connectivity index (χ2v) is 7.90. The van der Waals surface area contributed by atoms with Crippen LogP contribution in [0.5, 0.6) is 0 Å². The van der Waals surface area contributed by atoms with Crippen LogP contribution in [-0.2, 0) is 22.1 Å². The Morgan fingerprint density at radius 3 is 2.47 bits per heavy atom. The lowest BCUT2D eigenvalue weighted by Gasteiger charge is -2.17. The van der Waals surface area contributed by atoms with E-state index in [0.29, 0.717) is 13.1 Å². The zero-order chi connectivity index (χ0) is 14.7. The van der Waals surface area contributed by atoms with E-state index in [9.17, 15) is 8.42 Å². The molecule has 7 nitrogen and oxygen atoms in total. The van der Waals surface area contributed by atoms with Crippen LogP contribution in [0.2, 0.25) is 0 Å². The molecule has 0 bridgehead atoms. The number of rotatable bonds is 6. The van der Waals surface area contributed by atoms with Crippen LogP contribution in [0.1, 0.15) is 26.5 Å². The van der Waals surface area contributed by atoms with Gasteiger partial charge in [0.25, 0.3) is 0 Å². The fourth-order valence-electron chi connectivity index (χ4n) is 1.31. The molecule has 8 heteroatoms. The van der Waals surface area contributed by atoms with Crippen molar-refractivity contribution in [1.82, 2.24) is 24.6 Å². The van der Waals surface area contributed by atoms with Gasteiger partial charge in [-0.3, -0.25) is 0 Å². The van der Waals surface area contributed by atoms with Crippen molar-refractivity contribution >= 4 is 10.0 Å². The standard InChI is InChI=1S/C11H23N5O2S/c1-11(2,3)16-9-10(13-14-16)8-12-6-7-19(17,18)15(4)5/h9,12H,6-8H2,1-5H3. The van der Waals surface area contributed by atoms with Crippen LogP contribution in [0, 0.1) is 0 Å². The summed E-state index contributed by atoms with van der Waals surface area (Å²) in [6.07, 6.45) is 1.87. The molecule has 0 radical (unpaired) electrons. The van der Waals surface area contributed by atoms with Gasteiger partial charge < -0.3 is 5.32 Å². The van der Waals surface area contributed by atoms with Gasteiger partial charge in [0.05, 0.1) is 23.2 Å². The first-order valence-corrected chi connectivity index (χ1v) is 7.76. The van der Waals surface area contributed by atoms with Gasteiger partial charge in [-0.1, -0.05) is 5.21 Å². The average Bonchev–Trinajstić information content (AvgIpc) is 2.72. The third-order valence-corrected chi connectivity index (χ3v) is 4.46. The normalized spacial score (nSPS) is 13.2. The van der Waals surface area contributed by atoms with Crippen LogP contribution in [0.3, 0.4) is 0 Å². The summed E-state index contributed by atoms with van der Waals surface area (Å²) in [6.45, 7) is 7.04. The van der Waals surface area contributed by atoms with Gasteiger partial charge in [-0.15, -0.1) is 5.10 Å². The molecule has 1 aromatic heterocycles. The molecular weight excluding hydrogens is 266 g/mol. The molecule has 0 aliphatic carbocycles. The minimum Gasteiger partial charge on any atom is -0.310 e. The Bertz CT molecular complexity index is 501. The number of nitrogens with one attached hydrogen (secondary N) is 1. The Labute approximate surface area is 115 Å². The largest absolute Gasteiger partial charge is 0.310 e. The molecule has 1 aromatic rings. The summed E-state index contributed by atoms with van der Waals surface area (Å²) in [7, 11) is -0.0771. The molecule has 1 rings (SSSR count). The summed E-state index contributed by atoms with van der Waals surface area (Å²) in [4.78, 5) is 0. The zero-order valence-electron chi connectivity index (χ0n) is 12.2. The topological polar surface area (TPSA) is 80.1 Å². The van der Waals surface area contributed by atoms with E-state index < -0.39 is 10.0 Å². The third kappa shape index (κ3) is 4.88. The first-order valence-electron chi connectivity index (χ1n) is 6.15. The van der Waals surface area contributed by atoms with Gasteiger partial charge >= 0.3 is 0 Å². The molecule has 0 fully saturated rings. The van der Waals surface area contributed by atoms with Crippen LogP contribution in [0.15, 0.2) is 6.20 Å². The molecule has 0 unspecified atom stereocenters. The minimum atomic E-state index is -3.14. The summed E-state index contributed by atoms with van der Waals surface area (Å²) in [5.41, 5.74) is 0.705. The van der Waals surface area contributed by atoms with Crippen molar-refractivity contribution in [3.8, 4) is 0 Å². The maximum atomic E-state index is 11.5. The molecule has 19 heavy (non-hydrogen) atoms. The van der Waals surface area contributed by atoms with Crippen molar-refractivity contribution in [3.63, 3.8) is 0 Å². The number of nitrogens with zero attached hydrogens (tertiary/aromatic N) is 4. The maximum absolute atomic E-state index is 11.5. The zero-order valence-corrected chi connectivity index (χ0v) is 13.0. The third-order valence-electron chi connectivity index (χ3n) is 2.63. The molecule has 1 N–H and O–H groups in total. The molecule has 0 aromatic carbocycles. The monoisotopic (exact) mass is 289 g/mol. The Hall–Kier alpha value is -0.990. The molecule has 0 amide bonds. The predicted octanol–water partition coefficient (Wildman–Crippen LogP) is 0.0141. The highest BCUT2D eigenvalue weighted by Gasteiger charge is 2.15. The Balaban J connectivity index is 2.41. The van der Waals surface area contributed by atoms with Crippen LogP contribution in [0.25, 0.3) is 0 Å². The predicted molar refractivity (Wildman–Crippen MR) is 74.2 cm³/mol. The summed E-state index contributed by atoms with van der Waals surface area (Å²) < 4.78 is 26.1. The molecule has 0 atom stereocenters. The van der Waals surface area contributed by atoms with Crippen molar-refractivity contribution in [2.75, 3.05) is 26.4 Å². The van der Waals surface area contributed by atoms with E-state index in [1.54, 1.807) is 4.68 Å². The van der Waals surface area contributed by atoms with Crippen LogP contribution in [-0.4, -0.2) is 54.1 Å². The van der Waals surface area contributed by atoms with E-state index in [1.165, 1.54) is 18.4 Å². The van der Waals surface area contributed by atoms with Crippen molar-refractivity contribution in [2.24, 2.45) is 0 Å². The molecule has 1 heterocycles. The van der Waals surface area contributed by atoms with Crippen molar-refractivity contribution in [3.05, 3.63) is 11.9 Å². The van der Waals surface area contributed by atoms with Crippen LogP contribution >= 0.6 is 0 Å². The number of aromatic nitrogens is 3. The lowest BCUT2D eigenvalue weighted by molar-refractivity contribution is 0.347. The summed E-state index contributed by atoms with van der Waals surface area (Å²) in [6, 6.07) is 0. The van der Waals surface area contributed by atoms with E-state index in [4.69, 9.17) is 0 Å². The number of hydrogen-bond acceptors (Lipinski definition) is 5. The highest BCUT2D eigenvalue weighted by molar-refractivity contribution is 7.89. The maximum Gasteiger partial charge on any atom is 0.214 e. The molecule has 110 valence electrons. The fourth-order valence-corrected chi connectivity index (χ4v) is 2.07. The van der Waals surface area contributed by atoms with E-state index in [1.807, 2.05) is 27.0 Å². The first kappa shape index (κ1) is 16.1. The van der Waals surface area contributed by atoms with Crippen molar-refractivity contribution in [2.45, 2.75) is 32.9 Å². The molecular formula is C11H23N5O2S. The van der Waals surface area contributed by atoms with E-state index in [-0.39, 0.29) is 11.3 Å². The Kier molecular flexibility index (Phi) is 5.05. The van der Waals surface area contributed by atoms with Gasteiger partial charge in [0, 0.05) is 27.2 Å². The van der Waals surface area contributed by atoms with Gasteiger partial charge in [-0.2, -0.15) is 0 Å². The molecule has 0 saturated heterocycles. The second kappa shape index (κ2) is 5.98. The van der Waals surface area contributed by atoms with E-state index >= 15 is 0 Å². The molecule has 0 aliphatic heterocycles. The highest BCUT2D eigenvalue weighted by Crippen LogP contribution is 2.11. The summed E-state index contributed by atoms with van der Waals surface area (Å²) in [5.74, 6) is 0.0768. The van der Waals surface area contributed by atoms with Crippen molar-refractivity contribution in [1.29, 1.82) is 0 Å². The summed E-state index contributed by atoms with van der Waals surface area (Å²) in [5, 5.41) is 11.1. The van der Waals surface area contributed by atoms with Crippen molar-refractivity contribution < 1.29 is 8.42 Å². The van der Waals surface area contributed by atoms with Gasteiger partial charge in [0.15, 0.2) is 0 Å². The van der Waals surface area contributed by atoms with Gasteiger partial charge in [-0.05, 0) is 20.8 Å². The molecule has 0 spiro atoms. The average molecular weight is 289 g/mol. The highest BCUT2D eigenvalue weighted by atomic mass is 32.2. The number of hydrogen-bond donors (Lipinski definition) is 1. The quantitative estimate of drug-likeness (QED) is 0.747. The van der Waals surface area contributed by atoms with Gasteiger partial charge in [0.2, 0.25) is 10.0 Å². The van der Waals surface area contributed by atoms with E-state index in [0.717, 1.165) is 5.69 Å². The fraction of sp³-hybridized carbons (Fsp3) is 0.818. The minimum absolute atomic E-state index is 0.0768. The van der Waals surface area contributed by atoms with Crippen LogP contribution in [0.4, 0.5) is 0 Å². The first-order chi connectivity index (χ1) is 8.63. The number of sulfonamides is 1. The van der Waals surface area contributed by atoms with Crippen LogP contribution < -0.4 is 5.32 Å². The van der Waals surface area contributed by atoms with Gasteiger partial charge in [0.1, 0.15) is 0 Å². The molecule has 0 aliphatic rings. The lowest BCUT2D eigenvalue weighted by Crippen LogP contribution is -2.31. The van der Waals surface area contributed by atoms with E-state index in [2.05, 4.69) is 15.6 Å².